The lowest BCUT2D eigenvalue weighted by Crippen LogP contribution is -2.30. The van der Waals surface area contributed by atoms with E-state index in [1.165, 1.54) is 12.8 Å². The standard InChI is InChI=1S/C67H96O6/c1-4-7-10-13-16-19-22-25-28-31-34-37-39-42-45-48-51-54-57-60-66(69)72-63-64(73-67(70)61-58-55-52-49-46-43-40-36-33-30-27-24-21-18-15-12-9-6-3)62-71-65(68)59-56-53-50-47-44-41-38-35-32-29-26-23-20-17-14-11-8-5-2/h7,10-40,42,45,64H,4-6,8-9,41,43-44,46-63H2,1-3H3/b10-7-,14-11-,15-12-,16-13-,20-17-,21-18-,22-19-,26-23-,27-24-,28-25-,32-29-,33-30-,34-31+,38-35-,39-37-,40-36-,45-42-. The summed E-state index contributed by atoms with van der Waals surface area (Å²) in [5.41, 5.74) is 0. The first-order valence-electron chi connectivity index (χ1n) is 27.8. The lowest BCUT2D eigenvalue weighted by atomic mass is 10.1. The van der Waals surface area contributed by atoms with Crippen LogP contribution in [-0.4, -0.2) is 37.2 Å². The third-order valence-electron chi connectivity index (χ3n) is 10.7. The van der Waals surface area contributed by atoms with E-state index in [1.807, 2.05) is 146 Å². The van der Waals surface area contributed by atoms with Crippen molar-refractivity contribution in [1.29, 1.82) is 0 Å². The van der Waals surface area contributed by atoms with E-state index in [0.717, 1.165) is 109 Å². The van der Waals surface area contributed by atoms with Gasteiger partial charge in [-0.15, -0.1) is 0 Å². The molecule has 73 heavy (non-hydrogen) atoms. The highest BCUT2D eigenvalue weighted by Gasteiger charge is 2.19. The molecule has 0 amide bonds. The van der Waals surface area contributed by atoms with Crippen LogP contribution in [0, 0.1) is 0 Å². The van der Waals surface area contributed by atoms with Crippen molar-refractivity contribution >= 4 is 17.9 Å². The van der Waals surface area contributed by atoms with Crippen molar-refractivity contribution < 1.29 is 28.6 Å². The van der Waals surface area contributed by atoms with E-state index in [0.29, 0.717) is 19.3 Å². The minimum atomic E-state index is -0.837. The molecule has 0 radical (unpaired) electrons. The van der Waals surface area contributed by atoms with Crippen molar-refractivity contribution in [2.75, 3.05) is 13.2 Å². The summed E-state index contributed by atoms with van der Waals surface area (Å²) in [6, 6.07) is 0. The molecule has 0 saturated heterocycles. The number of allylic oxidation sites excluding steroid dienone is 34. The van der Waals surface area contributed by atoms with Crippen LogP contribution >= 0.6 is 0 Å². The maximum absolute atomic E-state index is 12.9. The van der Waals surface area contributed by atoms with E-state index in [1.54, 1.807) is 0 Å². The molecule has 0 fully saturated rings. The molecule has 1 atom stereocenters. The summed E-state index contributed by atoms with van der Waals surface area (Å²) in [4.78, 5) is 38.2. The van der Waals surface area contributed by atoms with Crippen LogP contribution in [0.2, 0.25) is 0 Å². The zero-order valence-electron chi connectivity index (χ0n) is 45.5. The Kier molecular flexibility index (Phi) is 53.7. The first-order chi connectivity index (χ1) is 36.0. The Bertz CT molecular complexity index is 1860. The third-order valence-corrected chi connectivity index (χ3v) is 10.7. The topological polar surface area (TPSA) is 78.9 Å². The highest BCUT2D eigenvalue weighted by atomic mass is 16.6. The Hall–Kier alpha value is -6.01. The normalized spacial score (nSPS) is 13.7. The molecule has 0 spiro atoms. The number of carbonyl (C=O) groups is 3. The van der Waals surface area contributed by atoms with Gasteiger partial charge >= 0.3 is 17.9 Å². The van der Waals surface area contributed by atoms with Gasteiger partial charge in [0.25, 0.3) is 0 Å². The van der Waals surface area contributed by atoms with E-state index in [2.05, 4.69) is 81.5 Å². The Morgan fingerprint density at radius 3 is 0.849 bits per heavy atom. The second-order valence-corrected chi connectivity index (χ2v) is 17.5. The van der Waals surface area contributed by atoms with Crippen LogP contribution < -0.4 is 0 Å². The average molecular weight is 997 g/mol. The van der Waals surface area contributed by atoms with Crippen molar-refractivity contribution in [3.63, 3.8) is 0 Å². The first kappa shape index (κ1) is 67.0. The average Bonchev–Trinajstić information content (AvgIpc) is 3.39. The predicted octanol–water partition coefficient (Wildman–Crippen LogP) is 18.9. The quantitative estimate of drug-likeness (QED) is 0.0262. The summed E-state index contributed by atoms with van der Waals surface area (Å²) < 4.78 is 16.8. The number of esters is 3. The van der Waals surface area contributed by atoms with Gasteiger partial charge in [-0.3, -0.25) is 14.4 Å². The molecular weight excluding hydrogens is 901 g/mol. The lowest BCUT2D eigenvalue weighted by molar-refractivity contribution is -0.167. The molecule has 0 N–H and O–H groups in total. The highest BCUT2D eigenvalue weighted by molar-refractivity contribution is 5.71. The summed E-state index contributed by atoms with van der Waals surface area (Å²) in [5.74, 6) is -1.04. The van der Waals surface area contributed by atoms with Crippen molar-refractivity contribution in [3.05, 3.63) is 207 Å². The molecule has 0 aromatic carbocycles. The number of hydrogen-bond donors (Lipinski definition) is 0. The summed E-state index contributed by atoms with van der Waals surface area (Å²) in [5, 5.41) is 0. The molecule has 0 bridgehead atoms. The predicted molar refractivity (Wildman–Crippen MR) is 315 cm³/mol. The Balaban J connectivity index is 4.67. The fraction of sp³-hybridized carbons (Fsp3) is 0.448. The summed E-state index contributed by atoms with van der Waals surface area (Å²) in [6.45, 7) is 6.20. The lowest BCUT2D eigenvalue weighted by Gasteiger charge is -2.18. The van der Waals surface area contributed by atoms with Crippen molar-refractivity contribution in [3.8, 4) is 0 Å². The number of rotatable bonds is 46. The molecule has 0 saturated carbocycles. The van der Waals surface area contributed by atoms with Crippen LogP contribution in [0.4, 0.5) is 0 Å². The molecule has 0 aromatic rings. The van der Waals surface area contributed by atoms with Gasteiger partial charge in [0.05, 0.1) is 0 Å². The smallest absolute Gasteiger partial charge is 0.306 e. The van der Waals surface area contributed by atoms with Gasteiger partial charge in [0.2, 0.25) is 0 Å². The van der Waals surface area contributed by atoms with Gasteiger partial charge in [-0.25, -0.2) is 0 Å². The van der Waals surface area contributed by atoms with Crippen LogP contribution in [0.3, 0.4) is 0 Å². The Morgan fingerprint density at radius 2 is 0.534 bits per heavy atom. The summed E-state index contributed by atoms with van der Waals surface area (Å²) in [7, 11) is 0. The molecule has 1 unspecified atom stereocenters. The molecule has 0 aliphatic rings. The first-order valence-corrected chi connectivity index (χ1v) is 27.8. The minimum absolute atomic E-state index is 0.131. The van der Waals surface area contributed by atoms with Crippen LogP contribution in [0.15, 0.2) is 207 Å². The molecule has 0 heterocycles. The maximum Gasteiger partial charge on any atom is 0.306 e. The maximum atomic E-state index is 12.9. The number of unbranched alkanes of at least 4 members (excludes halogenated alkanes) is 15. The molecule has 0 rings (SSSR count). The zero-order chi connectivity index (χ0) is 52.9. The summed E-state index contributed by atoms with van der Waals surface area (Å²) >= 11 is 0. The fourth-order valence-electron chi connectivity index (χ4n) is 6.54. The number of carbonyl (C=O) groups excluding carboxylic acids is 3. The van der Waals surface area contributed by atoms with Crippen LogP contribution in [0.25, 0.3) is 0 Å². The van der Waals surface area contributed by atoms with E-state index in [4.69, 9.17) is 14.2 Å². The van der Waals surface area contributed by atoms with Crippen LogP contribution in [0.5, 0.6) is 0 Å². The molecule has 400 valence electrons. The second-order valence-electron chi connectivity index (χ2n) is 17.5. The van der Waals surface area contributed by atoms with Gasteiger partial charge < -0.3 is 14.2 Å². The van der Waals surface area contributed by atoms with Crippen molar-refractivity contribution in [2.45, 2.75) is 181 Å². The minimum Gasteiger partial charge on any atom is -0.462 e. The Labute approximate surface area is 445 Å². The molecule has 6 nitrogen and oxygen atoms in total. The largest absolute Gasteiger partial charge is 0.462 e. The van der Waals surface area contributed by atoms with Crippen LogP contribution in [0.1, 0.15) is 175 Å². The highest BCUT2D eigenvalue weighted by Crippen LogP contribution is 2.12. The monoisotopic (exact) mass is 997 g/mol. The van der Waals surface area contributed by atoms with Crippen molar-refractivity contribution in [2.24, 2.45) is 0 Å². The number of hydrogen-bond acceptors (Lipinski definition) is 6. The van der Waals surface area contributed by atoms with Gasteiger partial charge in [0.1, 0.15) is 13.2 Å². The van der Waals surface area contributed by atoms with Gasteiger partial charge in [-0.2, -0.15) is 0 Å². The second kappa shape index (κ2) is 58.6. The van der Waals surface area contributed by atoms with E-state index in [-0.39, 0.29) is 44.0 Å². The van der Waals surface area contributed by atoms with Crippen LogP contribution in [-0.2, 0) is 28.6 Å². The van der Waals surface area contributed by atoms with E-state index < -0.39 is 6.10 Å². The molecular formula is C67H96O6. The van der Waals surface area contributed by atoms with Gasteiger partial charge in [-0.1, -0.05) is 285 Å². The fourth-order valence-corrected chi connectivity index (χ4v) is 6.54. The SMILES string of the molecule is CC\C=C/C=C\C=C/C=C\C=C\C=C/C=C\CCCCCC(=O)OCC(COC(=O)CCCCCCC\C=C/C=C\C=C/C=C\C=C/CCC)OC(=O)CCCCCCC\C=C/C=C\C=C/C=C\C=C/CCC. The molecule has 0 aliphatic carbocycles. The van der Waals surface area contributed by atoms with Gasteiger partial charge in [0.15, 0.2) is 6.10 Å². The molecule has 0 aromatic heterocycles. The zero-order valence-corrected chi connectivity index (χ0v) is 45.5. The number of ether oxygens (including phenoxy) is 3. The summed E-state index contributed by atoms with van der Waals surface area (Å²) in [6.07, 6.45) is 90.7. The molecule has 0 aliphatic heterocycles. The third kappa shape index (κ3) is 56.8. The van der Waals surface area contributed by atoms with E-state index >= 15 is 0 Å². The van der Waals surface area contributed by atoms with Gasteiger partial charge in [0, 0.05) is 19.3 Å². The molecule has 6 heteroatoms. The van der Waals surface area contributed by atoms with Gasteiger partial charge in [-0.05, 0) is 77.0 Å². The van der Waals surface area contributed by atoms with E-state index in [9.17, 15) is 14.4 Å². The van der Waals surface area contributed by atoms with Crippen molar-refractivity contribution in [1.82, 2.24) is 0 Å². The Morgan fingerprint density at radius 1 is 0.288 bits per heavy atom.